The third kappa shape index (κ3) is 4.46. The highest BCUT2D eigenvalue weighted by Crippen LogP contribution is 2.51. The van der Waals surface area contributed by atoms with Gasteiger partial charge in [-0.25, -0.2) is 4.79 Å². The number of carbonyl (C=O) groups is 1. The van der Waals surface area contributed by atoms with Crippen molar-refractivity contribution in [3.8, 4) is 12.3 Å². The van der Waals surface area contributed by atoms with Crippen molar-refractivity contribution in [3.63, 3.8) is 0 Å². The van der Waals surface area contributed by atoms with E-state index in [1.165, 1.54) is 6.92 Å². The highest BCUT2D eigenvalue weighted by atomic mass is 35.5. The highest BCUT2D eigenvalue weighted by Gasteiger charge is 2.73. The maximum atomic E-state index is 13.5. The Hall–Kier alpha value is -1.56. The molecular formula is C11H9ClF6O3. The van der Waals surface area contributed by atoms with Crippen molar-refractivity contribution in [1.82, 2.24) is 0 Å². The molecule has 0 radical (unpaired) electrons. The Balaban J connectivity index is 5.70. The molecule has 0 saturated carbocycles. The second kappa shape index (κ2) is 6.93. The molecule has 0 spiro atoms. The van der Waals surface area contributed by atoms with Crippen LogP contribution in [0, 0.1) is 12.3 Å². The van der Waals surface area contributed by atoms with Crippen LogP contribution in [0.5, 0.6) is 0 Å². The second-order valence-electron chi connectivity index (χ2n) is 3.40. The third-order valence-corrected chi connectivity index (χ3v) is 2.14. The van der Waals surface area contributed by atoms with Gasteiger partial charge in [0.15, 0.2) is 5.76 Å². The summed E-state index contributed by atoms with van der Waals surface area (Å²) in [6.45, 7) is 0.0590. The van der Waals surface area contributed by atoms with E-state index in [0.29, 0.717) is 0 Å². The first kappa shape index (κ1) is 19.4. The molecule has 0 heterocycles. The van der Waals surface area contributed by atoms with Crippen molar-refractivity contribution in [2.45, 2.75) is 24.2 Å². The Morgan fingerprint density at radius 1 is 1.24 bits per heavy atom. The van der Waals surface area contributed by atoms with Crippen LogP contribution in [0.3, 0.4) is 0 Å². The Morgan fingerprint density at radius 3 is 2.14 bits per heavy atom. The fraction of sp³-hybridized carbons (Fsp3) is 0.545. The molecule has 0 atom stereocenters. The van der Waals surface area contributed by atoms with Gasteiger partial charge in [0, 0.05) is 0 Å². The number of allylic oxidation sites excluding steroid dienone is 1. The van der Waals surface area contributed by atoms with Gasteiger partial charge in [0.2, 0.25) is 0 Å². The maximum absolute atomic E-state index is 13.5. The van der Waals surface area contributed by atoms with E-state index in [4.69, 9.17) is 0 Å². The van der Waals surface area contributed by atoms with Crippen LogP contribution in [0.1, 0.15) is 6.92 Å². The van der Waals surface area contributed by atoms with E-state index in [-0.39, 0.29) is 12.7 Å². The van der Waals surface area contributed by atoms with Gasteiger partial charge in [-0.05, 0) is 18.5 Å². The Bertz CT molecular complexity index is 450. The topological polar surface area (TPSA) is 35.5 Å². The molecule has 0 bridgehead atoms. The van der Waals surface area contributed by atoms with Crippen LogP contribution in [-0.4, -0.2) is 36.4 Å². The minimum atomic E-state index is -6.03. The van der Waals surface area contributed by atoms with Crippen LogP contribution in [0.2, 0.25) is 0 Å². The number of hydrogen-bond acceptors (Lipinski definition) is 3. The van der Waals surface area contributed by atoms with Crippen LogP contribution in [0.25, 0.3) is 0 Å². The third-order valence-electron chi connectivity index (χ3n) is 1.91. The standard InChI is InChI=1S/C11H9ClF6O3/c1-3-5-21-7(6-8(19)20-4-2)9(13,14)10(15,16)11(12,17)18/h1,6H,4-5H2,2H3/b7-6-. The summed E-state index contributed by atoms with van der Waals surface area (Å²) in [5.41, 5.74) is 0. The molecule has 0 rings (SSSR count). The number of halogens is 7. The Morgan fingerprint density at radius 2 is 1.76 bits per heavy atom. The SMILES string of the molecule is C#CCO/C(=C\C(=O)OCC)C(F)(F)C(F)(F)C(F)(F)Cl. The first-order valence-electron chi connectivity index (χ1n) is 5.19. The minimum absolute atomic E-state index is 0.197. The summed E-state index contributed by atoms with van der Waals surface area (Å²) in [4.78, 5) is 11.0. The molecule has 10 heteroatoms. The molecule has 0 aromatic rings. The van der Waals surface area contributed by atoms with E-state index in [1.807, 2.05) is 0 Å². The molecule has 0 fully saturated rings. The molecule has 0 saturated heterocycles. The van der Waals surface area contributed by atoms with Gasteiger partial charge in [-0.2, -0.15) is 26.3 Å². The van der Waals surface area contributed by atoms with E-state index in [9.17, 15) is 31.1 Å². The number of hydrogen-bond donors (Lipinski definition) is 0. The molecule has 0 aliphatic rings. The molecule has 120 valence electrons. The summed E-state index contributed by atoms with van der Waals surface area (Å²) in [6, 6.07) is 0. The Kier molecular flexibility index (Phi) is 6.42. The lowest BCUT2D eigenvalue weighted by molar-refractivity contribution is -0.274. The molecule has 0 N–H and O–H groups in total. The van der Waals surface area contributed by atoms with Crippen LogP contribution in [-0.2, 0) is 14.3 Å². The summed E-state index contributed by atoms with van der Waals surface area (Å²) >= 11 is 3.98. The predicted octanol–water partition coefficient (Wildman–Crippen LogP) is 3.19. The van der Waals surface area contributed by atoms with Crippen LogP contribution in [0.15, 0.2) is 11.8 Å². The van der Waals surface area contributed by atoms with Gasteiger partial charge in [0.1, 0.15) is 6.61 Å². The fourth-order valence-electron chi connectivity index (χ4n) is 0.966. The molecule has 3 nitrogen and oxygen atoms in total. The fourth-order valence-corrected chi connectivity index (χ4v) is 1.08. The summed E-state index contributed by atoms with van der Waals surface area (Å²) in [5.74, 6) is -13.6. The van der Waals surface area contributed by atoms with Crippen molar-refractivity contribution in [3.05, 3.63) is 11.8 Å². The van der Waals surface area contributed by atoms with Crippen LogP contribution in [0.4, 0.5) is 26.3 Å². The van der Waals surface area contributed by atoms with Gasteiger partial charge < -0.3 is 9.47 Å². The van der Waals surface area contributed by atoms with Gasteiger partial charge >= 0.3 is 23.2 Å². The first-order chi connectivity index (χ1) is 9.41. The smallest absolute Gasteiger partial charge is 0.394 e. The van der Waals surface area contributed by atoms with Crippen molar-refractivity contribution in [2.24, 2.45) is 0 Å². The van der Waals surface area contributed by atoms with E-state index >= 15 is 0 Å². The van der Waals surface area contributed by atoms with Crippen LogP contribution < -0.4 is 0 Å². The van der Waals surface area contributed by atoms with Crippen molar-refractivity contribution >= 4 is 17.6 Å². The monoisotopic (exact) mass is 338 g/mol. The van der Waals surface area contributed by atoms with Crippen LogP contribution >= 0.6 is 11.6 Å². The average Bonchev–Trinajstić information content (AvgIpc) is 2.32. The lowest BCUT2D eigenvalue weighted by Gasteiger charge is -2.30. The number of carbonyl (C=O) groups excluding carboxylic acids is 1. The largest absolute Gasteiger partial charge is 0.478 e. The van der Waals surface area contributed by atoms with Crippen molar-refractivity contribution in [1.29, 1.82) is 0 Å². The maximum Gasteiger partial charge on any atom is 0.394 e. The van der Waals surface area contributed by atoms with Gasteiger partial charge in [-0.15, -0.1) is 6.42 Å². The number of esters is 1. The number of alkyl halides is 7. The normalized spacial score (nSPS) is 13.6. The lowest BCUT2D eigenvalue weighted by atomic mass is 10.1. The van der Waals surface area contributed by atoms with Gasteiger partial charge in [-0.3, -0.25) is 0 Å². The second-order valence-corrected chi connectivity index (χ2v) is 3.87. The molecular weight excluding hydrogens is 330 g/mol. The Labute approximate surface area is 120 Å². The van der Waals surface area contributed by atoms with E-state index in [0.717, 1.165) is 0 Å². The number of rotatable bonds is 7. The number of ether oxygens (including phenoxy) is 2. The highest BCUT2D eigenvalue weighted by molar-refractivity contribution is 6.22. The van der Waals surface area contributed by atoms with Crippen molar-refractivity contribution < 1.29 is 40.6 Å². The van der Waals surface area contributed by atoms with E-state index in [2.05, 4.69) is 27.5 Å². The summed E-state index contributed by atoms with van der Waals surface area (Å²) in [7, 11) is 0. The molecule has 0 amide bonds. The van der Waals surface area contributed by atoms with Crippen molar-refractivity contribution in [2.75, 3.05) is 13.2 Å². The zero-order chi connectivity index (χ0) is 16.9. The van der Waals surface area contributed by atoms with Gasteiger partial charge in [0.05, 0.1) is 12.7 Å². The molecule has 0 aromatic carbocycles. The van der Waals surface area contributed by atoms with Gasteiger partial charge in [0.25, 0.3) is 0 Å². The first-order valence-corrected chi connectivity index (χ1v) is 5.57. The zero-order valence-corrected chi connectivity index (χ0v) is 11.2. The lowest BCUT2D eigenvalue weighted by Crippen LogP contribution is -2.53. The predicted molar refractivity (Wildman–Crippen MR) is 60.2 cm³/mol. The van der Waals surface area contributed by atoms with E-state index in [1.54, 1.807) is 5.92 Å². The quantitative estimate of drug-likeness (QED) is 0.179. The zero-order valence-electron chi connectivity index (χ0n) is 10.4. The molecule has 0 aliphatic heterocycles. The molecule has 0 aromatic heterocycles. The molecule has 0 unspecified atom stereocenters. The molecule has 21 heavy (non-hydrogen) atoms. The summed E-state index contributed by atoms with van der Waals surface area (Å²) in [6.07, 6.45) is 4.48. The average molecular weight is 339 g/mol. The molecule has 0 aliphatic carbocycles. The number of terminal acetylenes is 1. The minimum Gasteiger partial charge on any atom is -0.478 e. The van der Waals surface area contributed by atoms with Gasteiger partial charge in [-0.1, -0.05) is 5.92 Å². The summed E-state index contributed by atoms with van der Waals surface area (Å²) in [5, 5.41) is -5.59. The van der Waals surface area contributed by atoms with E-state index < -0.39 is 35.6 Å². The summed E-state index contributed by atoms with van der Waals surface area (Å²) < 4.78 is 86.3.